The second-order valence-electron chi connectivity index (χ2n) is 2.52. The predicted octanol–water partition coefficient (Wildman–Crippen LogP) is 1.05. The maximum Gasteiger partial charge on any atom is 0.201 e. The van der Waals surface area contributed by atoms with Gasteiger partial charge in [0, 0.05) is 6.04 Å². The van der Waals surface area contributed by atoms with Gasteiger partial charge in [-0.3, -0.25) is 14.5 Å². The van der Waals surface area contributed by atoms with Crippen molar-refractivity contribution in [2.75, 3.05) is 0 Å². The highest BCUT2D eigenvalue weighted by molar-refractivity contribution is 6.65. The summed E-state index contributed by atoms with van der Waals surface area (Å²) in [5, 5.41) is 0. The van der Waals surface area contributed by atoms with E-state index in [-0.39, 0.29) is 6.04 Å². The first-order chi connectivity index (χ1) is 5.54. The Morgan fingerprint density at radius 2 is 1.50 bits per heavy atom. The molecule has 0 aliphatic heterocycles. The number of hydrogen-bond acceptors (Lipinski definition) is 2. The van der Waals surface area contributed by atoms with Crippen molar-refractivity contribution in [2.45, 2.75) is 32.7 Å². The highest BCUT2D eigenvalue weighted by atomic mass is 16.2. The van der Waals surface area contributed by atoms with E-state index < -0.39 is 11.6 Å². The Bertz CT molecular complexity index is 166. The molecule has 0 unspecified atom stereocenters. The van der Waals surface area contributed by atoms with E-state index in [0.29, 0.717) is 12.8 Å². The molecule has 0 saturated carbocycles. The molecule has 4 radical (unpaired) electrons. The van der Waals surface area contributed by atoms with Crippen LogP contribution in [0.15, 0.2) is 0 Å². The van der Waals surface area contributed by atoms with Gasteiger partial charge in [0.1, 0.15) is 0 Å². The van der Waals surface area contributed by atoms with Gasteiger partial charge in [0.25, 0.3) is 0 Å². The lowest BCUT2D eigenvalue weighted by atomic mass is 9.98. The fourth-order valence-corrected chi connectivity index (χ4v) is 1.12. The summed E-state index contributed by atoms with van der Waals surface area (Å²) in [7, 11) is 9.95. The molecule has 3 nitrogen and oxygen atoms in total. The fourth-order valence-electron chi connectivity index (χ4n) is 1.12. The SMILES string of the molecule is [B]C(=O)N(C([B])=O)C(CC)CC. The minimum Gasteiger partial charge on any atom is -0.300 e. The molecule has 0 aliphatic carbocycles. The molecule has 0 heterocycles. The molecular formula is C7H11B2NO2. The highest BCUT2D eigenvalue weighted by Gasteiger charge is 2.19. The van der Waals surface area contributed by atoms with Gasteiger partial charge in [0.2, 0.25) is 15.7 Å². The van der Waals surface area contributed by atoms with Gasteiger partial charge in [-0.05, 0) is 12.8 Å². The molecule has 0 N–H and O–H groups in total. The fraction of sp³-hybridized carbons (Fsp3) is 0.714. The Labute approximate surface area is 75.3 Å². The monoisotopic (exact) mass is 163 g/mol. The summed E-state index contributed by atoms with van der Waals surface area (Å²) in [5.41, 5.74) is 0. The van der Waals surface area contributed by atoms with E-state index in [1.807, 2.05) is 13.8 Å². The Kier molecular flexibility index (Phi) is 4.71. The molecule has 2 amide bonds. The second kappa shape index (κ2) is 5.01. The Morgan fingerprint density at radius 1 is 1.17 bits per heavy atom. The summed E-state index contributed by atoms with van der Waals surface area (Å²) < 4.78 is 0. The third-order valence-corrected chi connectivity index (χ3v) is 1.78. The van der Waals surface area contributed by atoms with E-state index in [1.165, 1.54) is 0 Å². The first-order valence-corrected chi connectivity index (χ1v) is 3.92. The van der Waals surface area contributed by atoms with Gasteiger partial charge in [0.15, 0.2) is 11.6 Å². The van der Waals surface area contributed by atoms with Gasteiger partial charge in [-0.2, -0.15) is 0 Å². The number of carbonyl (C=O) groups excluding carboxylic acids is 2. The average molecular weight is 163 g/mol. The van der Waals surface area contributed by atoms with Crippen molar-refractivity contribution >= 4 is 27.3 Å². The lowest BCUT2D eigenvalue weighted by Gasteiger charge is -2.27. The molecule has 0 bridgehead atoms. The van der Waals surface area contributed by atoms with Crippen LogP contribution in [-0.4, -0.2) is 38.2 Å². The molecule has 5 heteroatoms. The quantitative estimate of drug-likeness (QED) is 0.583. The molecule has 0 aromatic carbocycles. The van der Waals surface area contributed by atoms with Crippen molar-refractivity contribution in [3.63, 3.8) is 0 Å². The largest absolute Gasteiger partial charge is 0.300 e. The van der Waals surface area contributed by atoms with Crippen molar-refractivity contribution in [2.24, 2.45) is 0 Å². The van der Waals surface area contributed by atoms with Gasteiger partial charge in [-0.1, -0.05) is 13.8 Å². The summed E-state index contributed by atoms with van der Waals surface area (Å²) in [6, 6.07) is -0.181. The molecule has 62 valence electrons. The van der Waals surface area contributed by atoms with Crippen LogP contribution in [0.5, 0.6) is 0 Å². The summed E-state index contributed by atoms with van der Waals surface area (Å²) in [5.74, 6) is -1.56. The zero-order valence-electron chi connectivity index (χ0n) is 7.41. The molecule has 0 atom stereocenters. The van der Waals surface area contributed by atoms with E-state index in [0.717, 1.165) is 4.90 Å². The second-order valence-corrected chi connectivity index (χ2v) is 2.52. The van der Waals surface area contributed by atoms with Crippen LogP contribution in [0.1, 0.15) is 26.7 Å². The van der Waals surface area contributed by atoms with Crippen LogP contribution in [0.2, 0.25) is 0 Å². The molecule has 0 saturated heterocycles. The van der Waals surface area contributed by atoms with Crippen LogP contribution in [0.25, 0.3) is 0 Å². The number of carbonyl (C=O) groups is 2. The third-order valence-electron chi connectivity index (χ3n) is 1.78. The Hall–Kier alpha value is -0.730. The minimum absolute atomic E-state index is 0.181. The molecule has 0 aliphatic rings. The van der Waals surface area contributed by atoms with Crippen molar-refractivity contribution in [1.29, 1.82) is 0 Å². The van der Waals surface area contributed by atoms with Gasteiger partial charge in [-0.25, -0.2) is 0 Å². The van der Waals surface area contributed by atoms with Crippen LogP contribution in [0, 0.1) is 0 Å². The summed E-state index contributed by atoms with van der Waals surface area (Å²) in [4.78, 5) is 22.4. The zero-order chi connectivity index (χ0) is 9.72. The topological polar surface area (TPSA) is 37.4 Å². The molecule has 0 aromatic rings. The van der Waals surface area contributed by atoms with E-state index in [9.17, 15) is 9.59 Å². The van der Waals surface area contributed by atoms with Crippen LogP contribution in [0.4, 0.5) is 9.59 Å². The Morgan fingerprint density at radius 3 is 1.58 bits per heavy atom. The van der Waals surface area contributed by atoms with E-state index in [2.05, 4.69) is 0 Å². The van der Waals surface area contributed by atoms with E-state index >= 15 is 0 Å². The zero-order valence-corrected chi connectivity index (χ0v) is 7.41. The molecule has 0 spiro atoms. The van der Waals surface area contributed by atoms with Crippen molar-refractivity contribution in [3.05, 3.63) is 0 Å². The molecule has 0 aromatic heterocycles. The van der Waals surface area contributed by atoms with Crippen LogP contribution >= 0.6 is 0 Å². The summed E-state index contributed by atoms with van der Waals surface area (Å²) in [6.07, 6.45) is 1.34. The van der Waals surface area contributed by atoms with Crippen molar-refractivity contribution in [3.8, 4) is 0 Å². The number of amides is 2. The molecule has 12 heavy (non-hydrogen) atoms. The van der Waals surface area contributed by atoms with Gasteiger partial charge in [0.05, 0.1) is 0 Å². The standard InChI is InChI=1S/C7H11B2NO2/c1-3-5(4-2)10(6(8)11)7(9)12/h5H,3-4H2,1-2H3. The van der Waals surface area contributed by atoms with E-state index in [1.54, 1.807) is 0 Å². The smallest absolute Gasteiger partial charge is 0.201 e. The third kappa shape index (κ3) is 2.72. The molecular weight excluding hydrogens is 152 g/mol. The van der Waals surface area contributed by atoms with Crippen LogP contribution < -0.4 is 0 Å². The summed E-state index contributed by atoms with van der Waals surface area (Å²) >= 11 is 0. The maximum atomic E-state index is 10.7. The molecule has 0 rings (SSSR count). The van der Waals surface area contributed by atoms with Crippen LogP contribution in [-0.2, 0) is 0 Å². The van der Waals surface area contributed by atoms with Crippen molar-refractivity contribution < 1.29 is 9.59 Å². The lowest BCUT2D eigenvalue weighted by molar-refractivity contribution is 0.195. The number of rotatable bonds is 3. The first-order valence-electron chi connectivity index (χ1n) is 3.92. The first kappa shape index (κ1) is 11.3. The number of imide groups is 1. The summed E-state index contributed by atoms with van der Waals surface area (Å²) in [6.45, 7) is 3.74. The van der Waals surface area contributed by atoms with Crippen LogP contribution in [0.3, 0.4) is 0 Å². The number of hydrogen-bond donors (Lipinski definition) is 0. The normalized spacial score (nSPS) is 9.92. The minimum atomic E-state index is -0.781. The Balaban J connectivity index is 4.47. The number of nitrogens with zero attached hydrogens (tertiary/aromatic N) is 1. The molecule has 0 fully saturated rings. The predicted molar refractivity (Wildman–Crippen MR) is 48.5 cm³/mol. The van der Waals surface area contributed by atoms with Crippen molar-refractivity contribution in [1.82, 2.24) is 4.90 Å². The average Bonchev–Trinajstić information content (AvgIpc) is 1.98. The van der Waals surface area contributed by atoms with Gasteiger partial charge in [-0.15, -0.1) is 0 Å². The van der Waals surface area contributed by atoms with Gasteiger partial charge < -0.3 is 0 Å². The van der Waals surface area contributed by atoms with E-state index in [4.69, 9.17) is 15.7 Å². The maximum absolute atomic E-state index is 10.7. The lowest BCUT2D eigenvalue weighted by Crippen LogP contribution is -2.43. The highest BCUT2D eigenvalue weighted by Crippen LogP contribution is 2.08. The van der Waals surface area contributed by atoms with Gasteiger partial charge >= 0.3 is 0 Å².